The Morgan fingerprint density at radius 2 is 1.62 bits per heavy atom. The smallest absolute Gasteiger partial charge is 0.434 e. The number of anilines is 1. The number of methoxy groups -OCH3 is 1. The van der Waals surface area contributed by atoms with Gasteiger partial charge >= 0.3 is 12.2 Å². The molecule has 9 nitrogen and oxygen atoms in total. The molecule has 0 aliphatic carbocycles. The zero-order valence-corrected chi connectivity index (χ0v) is 20.7. The lowest BCUT2D eigenvalue weighted by atomic mass is 10.2. The maximum atomic E-state index is 13.0. The molecule has 0 radical (unpaired) electrons. The molecule has 3 rings (SSSR count). The lowest BCUT2D eigenvalue weighted by molar-refractivity contribution is 0.0425. The van der Waals surface area contributed by atoms with Crippen molar-refractivity contribution < 1.29 is 23.8 Å². The number of imidazole rings is 1. The van der Waals surface area contributed by atoms with Gasteiger partial charge in [-0.3, -0.25) is 0 Å². The lowest BCUT2D eigenvalue weighted by Crippen LogP contribution is -2.50. The van der Waals surface area contributed by atoms with Crippen molar-refractivity contribution in [2.24, 2.45) is 0 Å². The van der Waals surface area contributed by atoms with Gasteiger partial charge in [-0.1, -0.05) is 12.1 Å². The van der Waals surface area contributed by atoms with E-state index < -0.39 is 23.4 Å². The summed E-state index contributed by atoms with van der Waals surface area (Å²) < 4.78 is 18.0. The number of aromatic nitrogens is 2. The van der Waals surface area contributed by atoms with Crippen LogP contribution in [0.5, 0.6) is 5.75 Å². The standard InChI is InChI=1S/C25H32N4O5/c1-24(2,3)33-22(30)27-29(23(31)34-25(4,5)6)18-10-13-20-21(14-18)28(16-26-20)15-17-8-11-19(32-7)12-9-17/h8-14,16H,15H2,1-7H3,(H,27,30). The number of amides is 2. The molecule has 1 aromatic heterocycles. The van der Waals surface area contributed by atoms with E-state index in [1.165, 1.54) is 0 Å². The molecule has 0 saturated heterocycles. The second-order valence-electron chi connectivity index (χ2n) is 9.82. The summed E-state index contributed by atoms with van der Waals surface area (Å²) in [5.41, 5.74) is 4.01. The van der Waals surface area contributed by atoms with E-state index in [-0.39, 0.29) is 0 Å². The van der Waals surface area contributed by atoms with E-state index in [4.69, 9.17) is 14.2 Å². The average molecular weight is 469 g/mol. The number of nitrogens with zero attached hydrogens (tertiary/aromatic N) is 3. The van der Waals surface area contributed by atoms with Crippen molar-refractivity contribution >= 4 is 28.9 Å². The van der Waals surface area contributed by atoms with Crippen LogP contribution in [0.25, 0.3) is 11.0 Å². The second kappa shape index (κ2) is 9.62. The molecule has 0 saturated carbocycles. The van der Waals surface area contributed by atoms with Crippen LogP contribution < -0.4 is 15.2 Å². The molecule has 0 unspecified atom stereocenters. The topological polar surface area (TPSA) is 94.9 Å². The molecule has 0 aliphatic rings. The largest absolute Gasteiger partial charge is 0.497 e. The highest BCUT2D eigenvalue weighted by atomic mass is 16.6. The van der Waals surface area contributed by atoms with Gasteiger partial charge in [-0.15, -0.1) is 0 Å². The number of nitrogens with one attached hydrogen (secondary N) is 1. The molecule has 182 valence electrons. The second-order valence-corrected chi connectivity index (χ2v) is 9.82. The summed E-state index contributed by atoms with van der Waals surface area (Å²) in [4.78, 5) is 29.9. The first-order valence-corrected chi connectivity index (χ1v) is 11.0. The Balaban J connectivity index is 1.94. The predicted octanol–water partition coefficient (Wildman–Crippen LogP) is 5.27. The Morgan fingerprint density at radius 1 is 0.971 bits per heavy atom. The number of benzene rings is 2. The van der Waals surface area contributed by atoms with E-state index in [2.05, 4.69) is 10.4 Å². The maximum Gasteiger partial charge on any atom is 0.434 e. The van der Waals surface area contributed by atoms with E-state index in [1.54, 1.807) is 73.2 Å². The van der Waals surface area contributed by atoms with Crippen molar-refractivity contribution in [3.05, 3.63) is 54.4 Å². The Morgan fingerprint density at radius 3 is 2.21 bits per heavy atom. The third kappa shape index (κ3) is 6.63. The van der Waals surface area contributed by atoms with Gasteiger partial charge < -0.3 is 18.8 Å². The number of rotatable bonds is 4. The Kier molecular flexibility index (Phi) is 7.04. The number of ether oxygens (including phenoxy) is 3. The van der Waals surface area contributed by atoms with Gasteiger partial charge in [0.25, 0.3) is 0 Å². The number of hydrogen-bond acceptors (Lipinski definition) is 6. The van der Waals surface area contributed by atoms with Crippen molar-refractivity contribution in [1.29, 1.82) is 0 Å². The van der Waals surface area contributed by atoms with E-state index in [9.17, 15) is 9.59 Å². The highest BCUT2D eigenvalue weighted by Crippen LogP contribution is 2.24. The minimum Gasteiger partial charge on any atom is -0.497 e. The molecule has 9 heteroatoms. The first-order chi connectivity index (χ1) is 15.8. The predicted molar refractivity (Wildman–Crippen MR) is 130 cm³/mol. The van der Waals surface area contributed by atoms with Gasteiger partial charge in [-0.25, -0.2) is 20.0 Å². The van der Waals surface area contributed by atoms with Crippen molar-refractivity contribution in [2.45, 2.75) is 59.3 Å². The van der Waals surface area contributed by atoms with E-state index in [1.807, 2.05) is 28.8 Å². The first-order valence-electron chi connectivity index (χ1n) is 11.0. The normalized spacial score (nSPS) is 11.7. The van der Waals surface area contributed by atoms with Crippen LogP contribution in [-0.2, 0) is 16.0 Å². The fourth-order valence-corrected chi connectivity index (χ4v) is 3.15. The van der Waals surface area contributed by atoms with Crippen molar-refractivity contribution in [3.8, 4) is 5.75 Å². The average Bonchev–Trinajstić information content (AvgIpc) is 3.12. The molecule has 0 bridgehead atoms. The zero-order valence-electron chi connectivity index (χ0n) is 20.7. The van der Waals surface area contributed by atoms with Gasteiger partial charge in [0.15, 0.2) is 0 Å². The fourth-order valence-electron chi connectivity index (χ4n) is 3.15. The van der Waals surface area contributed by atoms with Crippen LogP contribution in [-0.4, -0.2) is 40.0 Å². The van der Waals surface area contributed by atoms with Crippen LogP contribution in [0, 0.1) is 0 Å². The fraction of sp³-hybridized carbons (Fsp3) is 0.400. The van der Waals surface area contributed by atoms with Gasteiger partial charge in [-0.2, -0.15) is 5.01 Å². The molecule has 0 spiro atoms. The summed E-state index contributed by atoms with van der Waals surface area (Å²) in [6.45, 7) is 11.1. The summed E-state index contributed by atoms with van der Waals surface area (Å²) in [7, 11) is 1.63. The van der Waals surface area contributed by atoms with Crippen LogP contribution in [0.1, 0.15) is 47.1 Å². The molecular weight excluding hydrogens is 436 g/mol. The van der Waals surface area contributed by atoms with Crippen LogP contribution in [0.15, 0.2) is 48.8 Å². The van der Waals surface area contributed by atoms with Crippen LogP contribution >= 0.6 is 0 Å². The van der Waals surface area contributed by atoms with Gasteiger partial charge in [0.2, 0.25) is 0 Å². The quantitative estimate of drug-likeness (QED) is 0.524. The molecule has 0 atom stereocenters. The summed E-state index contributed by atoms with van der Waals surface area (Å²) in [6.07, 6.45) is 0.224. The molecular formula is C25H32N4O5. The Bertz CT molecular complexity index is 1160. The van der Waals surface area contributed by atoms with Gasteiger partial charge in [0.05, 0.1) is 30.2 Å². The third-order valence-electron chi connectivity index (χ3n) is 4.55. The van der Waals surface area contributed by atoms with Crippen molar-refractivity contribution in [3.63, 3.8) is 0 Å². The highest BCUT2D eigenvalue weighted by molar-refractivity contribution is 5.93. The van der Waals surface area contributed by atoms with Gasteiger partial charge in [0.1, 0.15) is 17.0 Å². The number of fused-ring (bicyclic) bond motifs is 1. The third-order valence-corrected chi connectivity index (χ3v) is 4.55. The lowest BCUT2D eigenvalue weighted by Gasteiger charge is -2.28. The number of hydrazine groups is 1. The van der Waals surface area contributed by atoms with Gasteiger partial charge in [0, 0.05) is 6.54 Å². The Labute approximate surface area is 199 Å². The van der Waals surface area contributed by atoms with E-state index in [0.29, 0.717) is 12.2 Å². The van der Waals surface area contributed by atoms with Crippen LogP contribution in [0.3, 0.4) is 0 Å². The van der Waals surface area contributed by atoms with Crippen molar-refractivity contribution in [1.82, 2.24) is 15.0 Å². The minimum atomic E-state index is -0.773. The number of carbonyl (C=O) groups is 2. The molecule has 34 heavy (non-hydrogen) atoms. The van der Waals surface area contributed by atoms with Crippen molar-refractivity contribution in [2.75, 3.05) is 12.1 Å². The SMILES string of the molecule is COc1ccc(Cn2cnc3ccc(N(NC(=O)OC(C)(C)C)C(=O)OC(C)(C)C)cc32)cc1. The zero-order chi connectivity index (χ0) is 25.1. The molecule has 3 aromatic rings. The molecule has 0 fully saturated rings. The first kappa shape index (κ1) is 24.9. The minimum absolute atomic E-state index is 0.407. The van der Waals surface area contributed by atoms with Gasteiger partial charge in [-0.05, 0) is 77.4 Å². The van der Waals surface area contributed by atoms with E-state index in [0.717, 1.165) is 27.4 Å². The molecule has 1 N–H and O–H groups in total. The number of carbonyl (C=O) groups excluding carboxylic acids is 2. The molecule has 2 amide bonds. The van der Waals surface area contributed by atoms with Crippen LogP contribution in [0.2, 0.25) is 0 Å². The summed E-state index contributed by atoms with van der Waals surface area (Å²) in [5, 5.41) is 1.05. The maximum absolute atomic E-state index is 13.0. The molecule has 0 aliphatic heterocycles. The summed E-state index contributed by atoms with van der Waals surface area (Å²) in [6, 6.07) is 13.0. The molecule has 2 aromatic carbocycles. The Hall–Kier alpha value is -3.75. The summed E-state index contributed by atoms with van der Waals surface area (Å²) >= 11 is 0. The monoisotopic (exact) mass is 468 g/mol. The molecule has 1 heterocycles. The van der Waals surface area contributed by atoms with E-state index >= 15 is 0 Å². The van der Waals surface area contributed by atoms with Crippen LogP contribution in [0.4, 0.5) is 15.3 Å². The highest BCUT2D eigenvalue weighted by Gasteiger charge is 2.27. The summed E-state index contributed by atoms with van der Waals surface area (Å²) in [5.74, 6) is 0.780. The number of hydrogen-bond donors (Lipinski definition) is 1.